The summed E-state index contributed by atoms with van der Waals surface area (Å²) in [6.07, 6.45) is 0. The normalized spacial score (nSPS) is 13.1. The first-order valence-electron chi connectivity index (χ1n) is 30.6. The smallest absolute Gasteiger partial charge is 0.0541 e. The Balaban J connectivity index is 1.16. The standard InChI is InChI=1S/C82H86N2/c1-77(2,3)59-40-56(41-60(48-59)78(4,5)6)51-27-33-65(34-28-51)83(73-37-31-52-30-36-70-74(38-32-53-29-35-69(73)75(52)76(53)70)84-71-25-21-19-23-67(71)68-24-20-22-26-72(68)84)66-46-54(57-42-61(79(7,8)9)49-62(43-57)80(10,11)12)39-55(47-66)58-44-63(81(13,14)15)50-64(45-58)82(16,17)18/h19-50H,1-18H3. The van der Waals surface area contributed by atoms with Crippen LogP contribution in [0.5, 0.6) is 0 Å². The Bertz CT molecular complexity index is 4270. The first kappa shape index (κ1) is 56.5. The molecule has 0 radical (unpaired) electrons. The summed E-state index contributed by atoms with van der Waals surface area (Å²) in [5, 5.41) is 10.0. The van der Waals surface area contributed by atoms with Crippen LogP contribution in [-0.2, 0) is 32.5 Å². The second kappa shape index (κ2) is 19.8. The van der Waals surface area contributed by atoms with E-state index in [1.165, 1.54) is 127 Å². The fourth-order valence-corrected chi connectivity index (χ4v) is 12.6. The van der Waals surface area contributed by atoms with Crippen LogP contribution >= 0.6 is 0 Å². The molecule has 0 saturated carbocycles. The molecule has 424 valence electrons. The summed E-state index contributed by atoms with van der Waals surface area (Å²) in [7, 11) is 0. The molecule has 0 aliphatic heterocycles. The van der Waals surface area contributed by atoms with Gasteiger partial charge in [0, 0.05) is 32.9 Å². The highest BCUT2D eigenvalue weighted by Gasteiger charge is 2.28. The minimum atomic E-state index is -0.0595. The van der Waals surface area contributed by atoms with Gasteiger partial charge in [0.2, 0.25) is 0 Å². The largest absolute Gasteiger partial charge is 0.310 e. The molecule has 0 amide bonds. The third-order valence-electron chi connectivity index (χ3n) is 18.0. The fourth-order valence-electron chi connectivity index (χ4n) is 12.6. The fraction of sp³-hybridized carbons (Fsp3) is 0.293. The molecule has 1 aromatic heterocycles. The van der Waals surface area contributed by atoms with Gasteiger partial charge >= 0.3 is 0 Å². The van der Waals surface area contributed by atoms with Gasteiger partial charge in [-0.05, 0) is 175 Å². The van der Waals surface area contributed by atoms with Crippen LogP contribution < -0.4 is 4.90 Å². The Labute approximate surface area is 501 Å². The second-order valence-electron chi connectivity index (χ2n) is 30.5. The average Bonchev–Trinajstić information content (AvgIpc) is 1.20. The zero-order valence-corrected chi connectivity index (χ0v) is 53.4. The third-order valence-corrected chi connectivity index (χ3v) is 18.0. The van der Waals surface area contributed by atoms with Crippen LogP contribution in [0.2, 0.25) is 0 Å². The summed E-state index contributed by atoms with van der Waals surface area (Å²) >= 11 is 0. The van der Waals surface area contributed by atoms with Gasteiger partial charge in [-0.3, -0.25) is 0 Å². The van der Waals surface area contributed by atoms with Gasteiger partial charge in [0.05, 0.1) is 22.4 Å². The molecule has 2 heteroatoms. The van der Waals surface area contributed by atoms with Crippen LogP contribution in [0.15, 0.2) is 194 Å². The number of hydrogen-bond acceptors (Lipinski definition) is 1. The molecule has 0 fully saturated rings. The zero-order chi connectivity index (χ0) is 59.8. The molecule has 0 bridgehead atoms. The summed E-state index contributed by atoms with van der Waals surface area (Å²) in [6.45, 7) is 42.2. The van der Waals surface area contributed by atoms with E-state index in [9.17, 15) is 0 Å². The Kier molecular flexibility index (Phi) is 13.4. The lowest BCUT2D eigenvalue weighted by molar-refractivity contribution is 0.568. The number of benzene rings is 11. The molecule has 0 atom stereocenters. The van der Waals surface area contributed by atoms with E-state index in [1.54, 1.807) is 0 Å². The molecular formula is C82H86N2. The lowest BCUT2D eigenvalue weighted by Gasteiger charge is -2.30. The maximum Gasteiger partial charge on any atom is 0.0541 e. The van der Waals surface area contributed by atoms with E-state index in [0.717, 1.165) is 17.1 Å². The maximum atomic E-state index is 2.57. The topological polar surface area (TPSA) is 8.17 Å². The lowest BCUT2D eigenvalue weighted by Crippen LogP contribution is -2.17. The Morgan fingerprint density at radius 3 is 1.02 bits per heavy atom. The zero-order valence-electron chi connectivity index (χ0n) is 53.4. The van der Waals surface area contributed by atoms with Gasteiger partial charge in [-0.1, -0.05) is 264 Å². The quantitative estimate of drug-likeness (QED) is 0.144. The number of aromatic nitrogens is 1. The Morgan fingerprint density at radius 2 is 0.607 bits per heavy atom. The molecule has 0 aliphatic rings. The van der Waals surface area contributed by atoms with Crippen molar-refractivity contribution >= 4 is 71.2 Å². The van der Waals surface area contributed by atoms with Gasteiger partial charge < -0.3 is 9.47 Å². The van der Waals surface area contributed by atoms with Crippen molar-refractivity contribution in [3.63, 3.8) is 0 Å². The average molecular weight is 1100 g/mol. The van der Waals surface area contributed by atoms with Gasteiger partial charge in [-0.15, -0.1) is 0 Å². The number of fused-ring (bicyclic) bond motifs is 3. The molecule has 84 heavy (non-hydrogen) atoms. The van der Waals surface area contributed by atoms with Gasteiger partial charge in [0.25, 0.3) is 0 Å². The molecule has 0 N–H and O–H groups in total. The maximum absolute atomic E-state index is 2.57. The highest BCUT2D eigenvalue weighted by atomic mass is 15.1. The van der Waals surface area contributed by atoms with Gasteiger partial charge in [0.1, 0.15) is 0 Å². The van der Waals surface area contributed by atoms with E-state index in [4.69, 9.17) is 0 Å². The molecule has 1 heterocycles. The van der Waals surface area contributed by atoms with Crippen molar-refractivity contribution in [2.45, 2.75) is 157 Å². The summed E-state index contributed by atoms with van der Waals surface area (Å²) in [4.78, 5) is 2.57. The first-order chi connectivity index (χ1) is 39.4. The molecule has 11 aromatic carbocycles. The van der Waals surface area contributed by atoms with Crippen LogP contribution in [0.1, 0.15) is 158 Å². The van der Waals surface area contributed by atoms with Crippen molar-refractivity contribution in [2.24, 2.45) is 0 Å². The van der Waals surface area contributed by atoms with E-state index in [0.29, 0.717) is 0 Å². The molecule has 12 rings (SSSR count). The van der Waals surface area contributed by atoms with E-state index in [-0.39, 0.29) is 32.5 Å². The van der Waals surface area contributed by atoms with Crippen molar-refractivity contribution in [1.82, 2.24) is 4.57 Å². The minimum absolute atomic E-state index is 0.00516. The van der Waals surface area contributed by atoms with Gasteiger partial charge in [-0.25, -0.2) is 0 Å². The molecule has 0 unspecified atom stereocenters. The molecule has 2 nitrogen and oxygen atoms in total. The highest BCUT2D eigenvalue weighted by Crippen LogP contribution is 2.49. The number of nitrogens with zero attached hydrogens (tertiary/aromatic N) is 2. The van der Waals surface area contributed by atoms with Crippen LogP contribution in [0.25, 0.3) is 93.2 Å². The summed E-state index contributed by atoms with van der Waals surface area (Å²) < 4.78 is 2.49. The molecule has 0 spiro atoms. The Hall–Kier alpha value is -7.94. The molecule has 12 aromatic rings. The first-order valence-corrected chi connectivity index (χ1v) is 30.6. The van der Waals surface area contributed by atoms with Crippen LogP contribution in [-0.4, -0.2) is 4.57 Å². The lowest BCUT2D eigenvalue weighted by atomic mass is 9.78. The number of anilines is 3. The van der Waals surface area contributed by atoms with Crippen LogP contribution in [0, 0.1) is 0 Å². The van der Waals surface area contributed by atoms with Crippen LogP contribution in [0.3, 0.4) is 0 Å². The second-order valence-corrected chi connectivity index (χ2v) is 30.5. The van der Waals surface area contributed by atoms with E-state index < -0.39 is 0 Å². The summed E-state index contributed by atoms with van der Waals surface area (Å²) in [5.74, 6) is 0. The van der Waals surface area contributed by atoms with Crippen molar-refractivity contribution < 1.29 is 0 Å². The highest BCUT2D eigenvalue weighted by molar-refractivity contribution is 6.27. The predicted octanol–water partition coefficient (Wildman–Crippen LogP) is 23.9. The van der Waals surface area contributed by atoms with E-state index in [2.05, 4.69) is 328 Å². The van der Waals surface area contributed by atoms with Gasteiger partial charge in [-0.2, -0.15) is 0 Å². The molecular weight excluding hydrogens is 1010 g/mol. The molecule has 0 aliphatic carbocycles. The van der Waals surface area contributed by atoms with E-state index in [1.807, 2.05) is 0 Å². The summed E-state index contributed by atoms with van der Waals surface area (Å²) in [6, 6.07) is 75.5. The monoisotopic (exact) mass is 1100 g/mol. The number of rotatable bonds is 7. The SMILES string of the molecule is CC(C)(C)c1cc(-c2ccc(N(c3cc(-c4cc(C(C)(C)C)cc(C(C)(C)C)c4)cc(-c4cc(C(C)(C)C)cc(C(C)(C)C)c4)c3)c3ccc4ccc5c(-n6c7ccccc7c7ccccc76)ccc6ccc3c4c65)cc2)cc(C(C)(C)C)c1. The molecule has 0 saturated heterocycles. The van der Waals surface area contributed by atoms with Gasteiger partial charge in [0.15, 0.2) is 0 Å². The number of para-hydroxylation sites is 2. The van der Waals surface area contributed by atoms with Crippen molar-refractivity contribution in [3.8, 4) is 39.1 Å². The summed E-state index contributed by atoms with van der Waals surface area (Å²) in [5.41, 5.74) is 22.1. The predicted molar refractivity (Wildman–Crippen MR) is 368 cm³/mol. The Morgan fingerprint density at radius 1 is 0.262 bits per heavy atom. The number of hydrogen-bond donors (Lipinski definition) is 0. The minimum Gasteiger partial charge on any atom is -0.310 e. The van der Waals surface area contributed by atoms with Crippen molar-refractivity contribution in [3.05, 3.63) is 228 Å². The third kappa shape index (κ3) is 10.3. The van der Waals surface area contributed by atoms with Crippen LogP contribution in [0.4, 0.5) is 17.1 Å². The van der Waals surface area contributed by atoms with Crippen molar-refractivity contribution in [2.75, 3.05) is 4.90 Å². The van der Waals surface area contributed by atoms with E-state index >= 15 is 0 Å². The van der Waals surface area contributed by atoms with Crippen molar-refractivity contribution in [1.29, 1.82) is 0 Å².